The summed E-state index contributed by atoms with van der Waals surface area (Å²) in [7, 11) is -7.01. The van der Waals surface area contributed by atoms with Gasteiger partial charge in [0.1, 0.15) is 11.2 Å². The van der Waals surface area contributed by atoms with Crippen LogP contribution in [-0.4, -0.2) is 32.3 Å². The molecule has 11 aromatic carbocycles. The van der Waals surface area contributed by atoms with Crippen LogP contribution in [-0.2, 0) is 0 Å². The average molecular weight is 1130 g/mol. The third-order valence-electron chi connectivity index (χ3n) is 16.8. The second-order valence-electron chi connectivity index (χ2n) is 26.7. The molecule has 2 aromatic heterocycles. The van der Waals surface area contributed by atoms with Crippen molar-refractivity contribution in [3.63, 3.8) is 0 Å². The van der Waals surface area contributed by atoms with Gasteiger partial charge in [-0.1, -0.05) is 245 Å². The Morgan fingerprint density at radius 1 is 0.256 bits per heavy atom. The fourth-order valence-corrected chi connectivity index (χ4v) is 16.8. The minimum atomic E-state index is -1.88. The molecule has 13 rings (SSSR count). The number of hydrogen-bond donors (Lipinski definition) is 0. The van der Waals surface area contributed by atoms with Crippen molar-refractivity contribution in [1.29, 1.82) is 0 Å². The number of para-hydroxylation sites is 2. The second kappa shape index (κ2) is 19.9. The number of furan rings is 2. The van der Waals surface area contributed by atoms with E-state index in [0.29, 0.717) is 0 Å². The van der Waals surface area contributed by atoms with Crippen molar-refractivity contribution in [3.8, 4) is 22.3 Å². The molecule has 8 heteroatoms. The van der Waals surface area contributed by atoms with Gasteiger partial charge in [0.25, 0.3) is 0 Å². The highest BCUT2D eigenvalue weighted by atomic mass is 28.3. The minimum absolute atomic E-state index is 0.905. The molecule has 13 aromatic rings. The summed E-state index contributed by atoms with van der Waals surface area (Å²) < 4.78 is 14.2. The highest BCUT2D eigenvalue weighted by Crippen LogP contribution is 2.50. The lowest BCUT2D eigenvalue weighted by Gasteiger charge is -2.29. The number of benzene rings is 11. The lowest BCUT2D eigenvalue weighted by atomic mass is 9.85. The maximum atomic E-state index is 7.11. The average Bonchev–Trinajstić information content (AvgIpc) is 3.07. The van der Waals surface area contributed by atoms with E-state index in [1.54, 1.807) is 0 Å². The Bertz CT molecular complexity index is 4300. The Hall–Kier alpha value is -7.99. The number of fused-ring (bicyclic) bond motifs is 8. The lowest BCUT2D eigenvalue weighted by Crippen LogP contribution is -2.38. The molecule has 0 radical (unpaired) electrons. The standard InChI is InChI=1S/C74H72N2O2Si4/c1-79(2,3)55-35-39-69-61(43-55)65-45-57(81(7,8)9)47-67(73(65)77-69)75(51-29-21-15-22-30-51)53-33-37-59-63(41-53)71(49-25-17-13-18-26-49)60-38-34-54(42-64(60)72(59)50-27-19-14-20-28-50)76(52-31-23-16-24-32-52)68-48-58(82(10,11)12)46-66-62-44-56(80(4,5)6)36-40-70(62)78-74(66)68/h13-48H,1-12H3. The molecule has 0 spiro atoms. The molecule has 0 fully saturated rings. The molecule has 0 aliphatic rings. The Labute approximate surface area is 487 Å². The van der Waals surface area contributed by atoms with Gasteiger partial charge in [0, 0.05) is 44.3 Å². The summed E-state index contributed by atoms with van der Waals surface area (Å²) in [6, 6.07) is 81.8. The summed E-state index contributed by atoms with van der Waals surface area (Å²) >= 11 is 0. The van der Waals surface area contributed by atoms with Gasteiger partial charge < -0.3 is 18.6 Å². The van der Waals surface area contributed by atoms with Crippen molar-refractivity contribution in [3.05, 3.63) is 218 Å². The lowest BCUT2D eigenvalue weighted by molar-refractivity contribution is 0.669. The SMILES string of the molecule is C[Si](C)(C)c1ccc2oc3c(N(c4ccccc4)c4ccc5c(-c6ccccc6)c6cc(N(c7ccccc7)c7cc([Si](C)(C)C)cc8c7oc7ccc([Si](C)(C)C)cc78)ccc6c(-c6ccccc6)c5c4)cc([Si](C)(C)C)cc3c2c1. The molecule has 0 bridgehead atoms. The Kier molecular flexibility index (Phi) is 12.9. The largest absolute Gasteiger partial charge is 0.454 e. The van der Waals surface area contributed by atoms with Crippen molar-refractivity contribution in [1.82, 2.24) is 0 Å². The normalized spacial score (nSPS) is 12.6. The van der Waals surface area contributed by atoms with E-state index in [0.717, 1.165) is 67.6 Å². The Balaban J connectivity index is 1.11. The first kappa shape index (κ1) is 53.3. The number of anilines is 6. The van der Waals surface area contributed by atoms with E-state index in [9.17, 15) is 0 Å². The molecule has 0 atom stereocenters. The highest BCUT2D eigenvalue weighted by molar-refractivity contribution is 6.90. The summed E-state index contributed by atoms with van der Waals surface area (Å²) in [6.07, 6.45) is 0. The number of nitrogens with zero attached hydrogens (tertiary/aromatic N) is 2. The second-order valence-corrected chi connectivity index (χ2v) is 47.0. The van der Waals surface area contributed by atoms with E-state index < -0.39 is 32.3 Å². The van der Waals surface area contributed by atoms with Crippen LogP contribution in [0, 0.1) is 0 Å². The van der Waals surface area contributed by atoms with Crippen LogP contribution in [0.5, 0.6) is 0 Å². The molecular formula is C74H72N2O2Si4. The van der Waals surface area contributed by atoms with Crippen LogP contribution in [0.4, 0.5) is 34.1 Å². The predicted molar refractivity (Wildman–Crippen MR) is 368 cm³/mol. The van der Waals surface area contributed by atoms with Gasteiger partial charge in [-0.2, -0.15) is 0 Å². The first-order chi connectivity index (χ1) is 39.2. The molecule has 0 N–H and O–H groups in total. The molecule has 0 aliphatic heterocycles. The van der Waals surface area contributed by atoms with Crippen LogP contribution >= 0.6 is 0 Å². The summed E-state index contributed by atoms with van der Waals surface area (Å²) in [4.78, 5) is 4.91. The van der Waals surface area contributed by atoms with Gasteiger partial charge in [0.2, 0.25) is 0 Å². The van der Waals surface area contributed by atoms with Crippen LogP contribution < -0.4 is 30.5 Å². The van der Waals surface area contributed by atoms with Crippen molar-refractivity contribution in [2.24, 2.45) is 0 Å². The van der Waals surface area contributed by atoms with Crippen LogP contribution in [0.2, 0.25) is 78.6 Å². The number of rotatable bonds is 12. The van der Waals surface area contributed by atoms with Crippen molar-refractivity contribution in [2.75, 3.05) is 9.80 Å². The molecule has 4 nitrogen and oxygen atoms in total. The van der Waals surface area contributed by atoms with Crippen LogP contribution in [0.1, 0.15) is 0 Å². The molecule has 0 saturated heterocycles. The predicted octanol–water partition coefficient (Wildman–Crippen LogP) is 20.2. The first-order valence-corrected chi connectivity index (χ1v) is 43.1. The maximum absolute atomic E-state index is 7.11. The van der Waals surface area contributed by atoms with E-state index in [-0.39, 0.29) is 0 Å². The number of hydrogen-bond acceptors (Lipinski definition) is 4. The fourth-order valence-electron chi connectivity index (χ4n) is 12.2. The zero-order chi connectivity index (χ0) is 57.0. The zero-order valence-electron chi connectivity index (χ0n) is 49.5. The highest BCUT2D eigenvalue weighted by Gasteiger charge is 2.30. The van der Waals surface area contributed by atoms with Crippen LogP contribution in [0.15, 0.2) is 227 Å². The van der Waals surface area contributed by atoms with Crippen LogP contribution in [0.25, 0.3) is 87.7 Å². The Morgan fingerprint density at radius 2 is 0.585 bits per heavy atom. The smallest absolute Gasteiger partial charge is 0.159 e. The van der Waals surface area contributed by atoms with Gasteiger partial charge >= 0.3 is 0 Å². The van der Waals surface area contributed by atoms with Gasteiger partial charge in [0.15, 0.2) is 11.2 Å². The first-order valence-electron chi connectivity index (χ1n) is 29.1. The fraction of sp³-hybridized carbons (Fsp3) is 0.162. The topological polar surface area (TPSA) is 32.8 Å². The van der Waals surface area contributed by atoms with E-state index in [4.69, 9.17) is 8.83 Å². The summed E-state index contributed by atoms with van der Waals surface area (Å²) in [5.74, 6) is 0. The zero-order valence-corrected chi connectivity index (χ0v) is 53.5. The van der Waals surface area contributed by atoms with E-state index in [1.807, 2.05) is 0 Å². The van der Waals surface area contributed by atoms with Gasteiger partial charge in [-0.25, -0.2) is 0 Å². The quantitative estimate of drug-likeness (QED) is 0.0902. The van der Waals surface area contributed by atoms with Crippen molar-refractivity contribution >= 4 is 153 Å². The van der Waals surface area contributed by atoms with Gasteiger partial charge in [-0.3, -0.25) is 0 Å². The summed E-state index contributed by atoms with van der Waals surface area (Å²) in [6.45, 7) is 29.3. The van der Waals surface area contributed by atoms with Crippen molar-refractivity contribution < 1.29 is 8.83 Å². The molecule has 406 valence electrons. The molecule has 0 aliphatic carbocycles. The van der Waals surface area contributed by atoms with Crippen LogP contribution in [0.3, 0.4) is 0 Å². The minimum Gasteiger partial charge on any atom is -0.454 e. The summed E-state index contributed by atoms with van der Waals surface area (Å²) in [5, 5.41) is 15.1. The third-order valence-corrected chi connectivity index (χ3v) is 24.9. The van der Waals surface area contributed by atoms with Crippen molar-refractivity contribution in [2.45, 2.75) is 78.6 Å². The van der Waals surface area contributed by atoms with Gasteiger partial charge in [-0.05, 0) is 117 Å². The van der Waals surface area contributed by atoms with Gasteiger partial charge in [-0.15, -0.1) is 0 Å². The van der Waals surface area contributed by atoms with Gasteiger partial charge in [0.05, 0.1) is 43.7 Å². The van der Waals surface area contributed by atoms with E-state index in [2.05, 4.69) is 307 Å². The molecule has 0 amide bonds. The summed E-state index contributed by atoms with van der Waals surface area (Å²) in [5.41, 5.74) is 14.8. The molecule has 0 saturated carbocycles. The molecule has 0 unspecified atom stereocenters. The monoisotopic (exact) mass is 1130 g/mol. The Morgan fingerprint density at radius 3 is 0.927 bits per heavy atom. The maximum Gasteiger partial charge on any atom is 0.159 e. The molecule has 82 heavy (non-hydrogen) atoms. The molecule has 2 heterocycles. The molecular weight excluding hydrogens is 1060 g/mol. The van der Waals surface area contributed by atoms with E-state index >= 15 is 0 Å². The third kappa shape index (κ3) is 9.45. The van der Waals surface area contributed by atoms with E-state index in [1.165, 1.54) is 75.0 Å².